The van der Waals surface area contributed by atoms with Gasteiger partial charge in [-0.05, 0) is 11.6 Å². The number of aromatic nitrogens is 3. The minimum atomic E-state index is -2.76. The number of amides is 1. The van der Waals surface area contributed by atoms with Gasteiger partial charge in [0.15, 0.2) is 5.65 Å². The van der Waals surface area contributed by atoms with Crippen LogP contribution < -0.4 is 5.32 Å². The lowest BCUT2D eigenvalue weighted by atomic mass is 10.1. The molecule has 0 unspecified atom stereocenters. The monoisotopic (exact) mass is 378 g/mol. The Balaban J connectivity index is 1.73. The van der Waals surface area contributed by atoms with Crippen molar-refractivity contribution in [3.63, 3.8) is 0 Å². The molecule has 2 heterocycles. The minimum Gasteiger partial charge on any atom is -0.348 e. The number of rotatable bonds is 5. The van der Waals surface area contributed by atoms with Gasteiger partial charge in [-0.1, -0.05) is 60.7 Å². The maximum absolute atomic E-state index is 13.6. The van der Waals surface area contributed by atoms with E-state index in [1.54, 1.807) is 24.3 Å². The molecule has 0 fully saturated rings. The third kappa shape index (κ3) is 3.46. The predicted octanol–water partition coefficient (Wildman–Crippen LogP) is 4.26. The molecule has 0 aliphatic heterocycles. The Morgan fingerprint density at radius 2 is 1.71 bits per heavy atom. The number of carbonyl (C=O) groups is 1. The van der Waals surface area contributed by atoms with Crippen LogP contribution in [0.2, 0.25) is 0 Å². The Labute approximate surface area is 159 Å². The molecule has 5 nitrogen and oxygen atoms in total. The largest absolute Gasteiger partial charge is 0.348 e. The first kappa shape index (κ1) is 17.8. The molecule has 0 atom stereocenters. The van der Waals surface area contributed by atoms with Crippen LogP contribution >= 0.6 is 0 Å². The number of benzene rings is 2. The van der Waals surface area contributed by atoms with E-state index in [9.17, 15) is 13.6 Å². The van der Waals surface area contributed by atoms with Crippen molar-refractivity contribution in [3.8, 4) is 11.3 Å². The van der Waals surface area contributed by atoms with Crippen molar-refractivity contribution in [1.29, 1.82) is 0 Å². The lowest BCUT2D eigenvalue weighted by Gasteiger charge is -2.09. The summed E-state index contributed by atoms with van der Waals surface area (Å²) in [4.78, 5) is 17.1. The highest BCUT2D eigenvalue weighted by atomic mass is 19.3. The predicted molar refractivity (Wildman–Crippen MR) is 101 cm³/mol. The van der Waals surface area contributed by atoms with Crippen LogP contribution in [0, 0.1) is 0 Å². The van der Waals surface area contributed by atoms with Crippen LogP contribution in [0.15, 0.2) is 72.9 Å². The Morgan fingerprint density at radius 1 is 1.04 bits per heavy atom. The van der Waals surface area contributed by atoms with E-state index < -0.39 is 12.3 Å². The van der Waals surface area contributed by atoms with Gasteiger partial charge in [-0.3, -0.25) is 4.79 Å². The summed E-state index contributed by atoms with van der Waals surface area (Å²) in [6, 6.07) is 19.7. The normalized spacial score (nSPS) is 11.1. The summed E-state index contributed by atoms with van der Waals surface area (Å²) < 4.78 is 28.2. The van der Waals surface area contributed by atoms with Crippen LogP contribution in [0.25, 0.3) is 16.9 Å². The number of carbonyl (C=O) groups excluding carboxylic acids is 1. The van der Waals surface area contributed by atoms with Crippen molar-refractivity contribution in [2.24, 2.45) is 0 Å². The average molecular weight is 378 g/mol. The maximum atomic E-state index is 13.6. The standard InChI is InChI=1S/C21H16F2N4O/c22-19(23)18-11-17(15-9-5-2-6-10-15)26-20-16(13-25-27(18)20)21(28)24-12-14-7-3-1-4-8-14/h1-11,13,19H,12H2,(H,24,28). The zero-order valence-corrected chi connectivity index (χ0v) is 14.7. The van der Waals surface area contributed by atoms with E-state index in [0.717, 1.165) is 10.1 Å². The summed E-state index contributed by atoms with van der Waals surface area (Å²) in [6.07, 6.45) is -1.49. The summed E-state index contributed by atoms with van der Waals surface area (Å²) in [6.45, 7) is 0.317. The van der Waals surface area contributed by atoms with E-state index in [2.05, 4.69) is 15.4 Å². The Bertz CT molecular complexity index is 1110. The lowest BCUT2D eigenvalue weighted by molar-refractivity contribution is 0.0952. The quantitative estimate of drug-likeness (QED) is 0.564. The van der Waals surface area contributed by atoms with Gasteiger partial charge in [-0.25, -0.2) is 18.3 Å². The molecule has 0 spiro atoms. The first-order valence-corrected chi connectivity index (χ1v) is 8.68. The van der Waals surface area contributed by atoms with Crippen LogP contribution in [0.5, 0.6) is 0 Å². The van der Waals surface area contributed by atoms with E-state index >= 15 is 0 Å². The number of hydrogen-bond acceptors (Lipinski definition) is 3. The third-order valence-corrected chi connectivity index (χ3v) is 4.33. The van der Waals surface area contributed by atoms with Crippen molar-refractivity contribution >= 4 is 11.6 Å². The molecule has 28 heavy (non-hydrogen) atoms. The van der Waals surface area contributed by atoms with Gasteiger partial charge in [0.05, 0.1) is 11.9 Å². The minimum absolute atomic E-state index is 0.0993. The van der Waals surface area contributed by atoms with E-state index in [4.69, 9.17) is 0 Å². The van der Waals surface area contributed by atoms with Crippen molar-refractivity contribution < 1.29 is 13.6 Å². The topological polar surface area (TPSA) is 59.3 Å². The fourth-order valence-electron chi connectivity index (χ4n) is 2.93. The molecule has 140 valence electrons. The highest BCUT2D eigenvalue weighted by Crippen LogP contribution is 2.26. The molecule has 0 aliphatic carbocycles. The van der Waals surface area contributed by atoms with Crippen molar-refractivity contribution in [3.05, 3.63) is 89.7 Å². The number of halogens is 2. The first-order chi connectivity index (χ1) is 13.6. The van der Waals surface area contributed by atoms with Crippen molar-refractivity contribution in [2.45, 2.75) is 13.0 Å². The molecule has 4 rings (SSSR count). The highest BCUT2D eigenvalue weighted by Gasteiger charge is 2.21. The molecule has 7 heteroatoms. The van der Waals surface area contributed by atoms with E-state index in [1.807, 2.05) is 36.4 Å². The van der Waals surface area contributed by atoms with Gasteiger partial charge < -0.3 is 5.32 Å². The second-order valence-corrected chi connectivity index (χ2v) is 6.19. The van der Waals surface area contributed by atoms with Crippen molar-refractivity contribution in [1.82, 2.24) is 19.9 Å². The third-order valence-electron chi connectivity index (χ3n) is 4.33. The molecule has 4 aromatic rings. The molecule has 2 aromatic heterocycles. The van der Waals surface area contributed by atoms with Gasteiger partial charge >= 0.3 is 0 Å². The fraction of sp³-hybridized carbons (Fsp3) is 0.0952. The van der Waals surface area contributed by atoms with E-state index in [-0.39, 0.29) is 16.9 Å². The Kier molecular flexibility index (Phi) is 4.80. The van der Waals surface area contributed by atoms with Crippen LogP contribution in [-0.2, 0) is 6.54 Å². The Hall–Kier alpha value is -3.61. The summed E-state index contributed by atoms with van der Waals surface area (Å²) in [5.74, 6) is -0.420. The Morgan fingerprint density at radius 3 is 2.39 bits per heavy atom. The summed E-state index contributed by atoms with van der Waals surface area (Å²) in [5, 5.41) is 6.75. The summed E-state index contributed by atoms with van der Waals surface area (Å²) in [5.41, 5.74) is 1.91. The molecule has 0 saturated carbocycles. The van der Waals surface area contributed by atoms with Gasteiger partial charge in [-0.15, -0.1) is 0 Å². The van der Waals surface area contributed by atoms with E-state index in [0.29, 0.717) is 17.8 Å². The molecule has 0 aliphatic rings. The van der Waals surface area contributed by atoms with E-state index in [1.165, 1.54) is 12.3 Å². The molecular weight excluding hydrogens is 362 g/mol. The molecule has 2 aromatic carbocycles. The number of nitrogens with zero attached hydrogens (tertiary/aromatic N) is 3. The fourth-order valence-corrected chi connectivity index (χ4v) is 2.93. The second-order valence-electron chi connectivity index (χ2n) is 6.19. The van der Waals surface area contributed by atoms with Crippen LogP contribution in [0.4, 0.5) is 8.78 Å². The van der Waals surface area contributed by atoms with Gasteiger partial charge in [0, 0.05) is 12.1 Å². The highest BCUT2D eigenvalue weighted by molar-refractivity contribution is 5.99. The van der Waals surface area contributed by atoms with Crippen LogP contribution in [0.3, 0.4) is 0 Å². The molecule has 0 saturated heterocycles. The molecule has 1 amide bonds. The molecule has 1 N–H and O–H groups in total. The maximum Gasteiger partial charge on any atom is 0.280 e. The number of nitrogens with one attached hydrogen (secondary N) is 1. The van der Waals surface area contributed by atoms with Gasteiger partial charge in [0.2, 0.25) is 0 Å². The average Bonchev–Trinajstić information content (AvgIpc) is 3.16. The lowest BCUT2D eigenvalue weighted by Crippen LogP contribution is -2.22. The molecule has 0 radical (unpaired) electrons. The van der Waals surface area contributed by atoms with Gasteiger partial charge in [0.25, 0.3) is 12.3 Å². The molecular formula is C21H16F2N4O. The second kappa shape index (κ2) is 7.56. The summed E-state index contributed by atoms with van der Waals surface area (Å²) in [7, 11) is 0. The SMILES string of the molecule is O=C(NCc1ccccc1)c1cnn2c(C(F)F)cc(-c3ccccc3)nc12. The number of alkyl halides is 2. The van der Waals surface area contributed by atoms with Gasteiger partial charge in [-0.2, -0.15) is 5.10 Å². The van der Waals surface area contributed by atoms with Crippen LogP contribution in [-0.4, -0.2) is 20.5 Å². The van der Waals surface area contributed by atoms with Crippen molar-refractivity contribution in [2.75, 3.05) is 0 Å². The zero-order chi connectivity index (χ0) is 19.5. The zero-order valence-electron chi connectivity index (χ0n) is 14.7. The van der Waals surface area contributed by atoms with Gasteiger partial charge in [0.1, 0.15) is 11.3 Å². The summed E-state index contributed by atoms with van der Waals surface area (Å²) >= 11 is 0. The molecule has 0 bridgehead atoms. The number of hydrogen-bond donors (Lipinski definition) is 1. The first-order valence-electron chi connectivity index (χ1n) is 8.68. The smallest absolute Gasteiger partial charge is 0.280 e. The van der Waals surface area contributed by atoms with Crippen LogP contribution in [0.1, 0.15) is 28.0 Å². The number of fused-ring (bicyclic) bond motifs is 1.